The number of rotatable bonds is 13. The predicted octanol–water partition coefficient (Wildman–Crippen LogP) is 3.06. The maximum Gasteiger partial charge on any atom is 0.224 e. The molecule has 172 valence electrons. The maximum atomic E-state index is 13.2. The van der Waals surface area contributed by atoms with E-state index in [0.29, 0.717) is 24.9 Å². The molecule has 32 heavy (non-hydrogen) atoms. The molecule has 3 atom stereocenters. The molecule has 2 rings (SSSR count). The molecular weight excluding hydrogens is 404 g/mol. The Kier molecular flexibility index (Phi) is 10.2. The van der Waals surface area contributed by atoms with Gasteiger partial charge in [0.2, 0.25) is 5.91 Å². The van der Waals surface area contributed by atoms with Crippen molar-refractivity contribution in [2.24, 2.45) is 17.6 Å². The standard InChI is InChI=1S/C26H34N2O4/c1-3-18(2)22(15-24(30)21-11-7-10-20(14-21)16-27)26(32)28-23(25(31)17-29)13-12-19-8-5-4-6-9-19/h4-11,14,18,22-23,29H,3,12-13,15-17,27H2,1-2H3,(H,28,32)/t18-,22+,23+/m1/s1. The Bertz CT molecular complexity index is 898. The van der Waals surface area contributed by atoms with Gasteiger partial charge in [-0.2, -0.15) is 0 Å². The van der Waals surface area contributed by atoms with Gasteiger partial charge in [-0.3, -0.25) is 14.4 Å². The van der Waals surface area contributed by atoms with Crippen LogP contribution in [0.1, 0.15) is 54.6 Å². The van der Waals surface area contributed by atoms with Gasteiger partial charge >= 0.3 is 0 Å². The largest absolute Gasteiger partial charge is 0.389 e. The molecule has 0 aromatic heterocycles. The monoisotopic (exact) mass is 438 g/mol. The zero-order valence-electron chi connectivity index (χ0n) is 18.9. The molecule has 2 aromatic carbocycles. The molecule has 0 saturated carbocycles. The highest BCUT2D eigenvalue weighted by molar-refractivity contribution is 5.99. The number of carbonyl (C=O) groups excluding carboxylic acids is 3. The third-order valence-corrected chi connectivity index (χ3v) is 5.98. The van der Waals surface area contributed by atoms with Crippen molar-refractivity contribution in [2.75, 3.05) is 6.61 Å². The van der Waals surface area contributed by atoms with Crippen molar-refractivity contribution < 1.29 is 19.5 Å². The molecule has 0 fully saturated rings. The molecule has 0 aliphatic heterocycles. The molecule has 0 heterocycles. The van der Waals surface area contributed by atoms with E-state index in [-0.39, 0.29) is 24.0 Å². The molecule has 1 amide bonds. The lowest BCUT2D eigenvalue weighted by Crippen LogP contribution is -2.46. The number of carbonyl (C=O) groups is 3. The van der Waals surface area contributed by atoms with Gasteiger partial charge in [-0.15, -0.1) is 0 Å². The fraction of sp³-hybridized carbons (Fsp3) is 0.423. The highest BCUT2D eigenvalue weighted by Crippen LogP contribution is 2.23. The number of aryl methyl sites for hydroxylation is 1. The summed E-state index contributed by atoms with van der Waals surface area (Å²) in [5, 5.41) is 12.2. The summed E-state index contributed by atoms with van der Waals surface area (Å²) in [5.74, 6) is -1.51. The number of ketones is 2. The Morgan fingerprint density at radius 3 is 2.34 bits per heavy atom. The highest BCUT2D eigenvalue weighted by Gasteiger charge is 2.30. The van der Waals surface area contributed by atoms with Crippen LogP contribution in [0.25, 0.3) is 0 Å². The number of aliphatic hydroxyl groups is 1. The van der Waals surface area contributed by atoms with Crippen molar-refractivity contribution in [2.45, 2.75) is 52.1 Å². The van der Waals surface area contributed by atoms with E-state index in [1.807, 2.05) is 50.2 Å². The van der Waals surface area contributed by atoms with Crippen molar-refractivity contribution in [3.05, 3.63) is 71.3 Å². The maximum absolute atomic E-state index is 13.2. The van der Waals surface area contributed by atoms with Crippen LogP contribution in [0.3, 0.4) is 0 Å². The van der Waals surface area contributed by atoms with Gasteiger partial charge in [0.05, 0.1) is 6.04 Å². The van der Waals surface area contributed by atoms with Crippen LogP contribution in [0.2, 0.25) is 0 Å². The number of hydrogen-bond donors (Lipinski definition) is 3. The molecule has 0 radical (unpaired) electrons. The van der Waals surface area contributed by atoms with E-state index in [0.717, 1.165) is 17.5 Å². The van der Waals surface area contributed by atoms with Crippen LogP contribution < -0.4 is 11.1 Å². The Morgan fingerprint density at radius 1 is 1.03 bits per heavy atom. The molecule has 0 bridgehead atoms. The summed E-state index contributed by atoms with van der Waals surface area (Å²) in [6, 6.07) is 16.0. The summed E-state index contributed by atoms with van der Waals surface area (Å²) in [6.07, 6.45) is 1.75. The van der Waals surface area contributed by atoms with Crippen LogP contribution in [0, 0.1) is 11.8 Å². The Morgan fingerprint density at radius 2 is 1.72 bits per heavy atom. The van der Waals surface area contributed by atoms with Crippen LogP contribution in [-0.2, 0) is 22.6 Å². The number of amides is 1. The van der Waals surface area contributed by atoms with E-state index in [1.165, 1.54) is 0 Å². The number of nitrogens with one attached hydrogen (secondary N) is 1. The van der Waals surface area contributed by atoms with Crippen LogP contribution in [0.5, 0.6) is 0 Å². The van der Waals surface area contributed by atoms with Crippen molar-refractivity contribution in [1.29, 1.82) is 0 Å². The van der Waals surface area contributed by atoms with Crippen molar-refractivity contribution in [3.63, 3.8) is 0 Å². The van der Waals surface area contributed by atoms with E-state index in [9.17, 15) is 19.5 Å². The molecule has 0 unspecified atom stereocenters. The highest BCUT2D eigenvalue weighted by atomic mass is 16.3. The fourth-order valence-electron chi connectivity index (χ4n) is 3.68. The molecule has 6 heteroatoms. The topological polar surface area (TPSA) is 109 Å². The van der Waals surface area contributed by atoms with Crippen LogP contribution in [-0.4, -0.2) is 35.2 Å². The van der Waals surface area contributed by atoms with E-state index < -0.39 is 24.3 Å². The normalized spacial score (nSPS) is 13.8. The van der Waals surface area contributed by atoms with Gasteiger partial charge in [-0.25, -0.2) is 0 Å². The van der Waals surface area contributed by atoms with E-state index >= 15 is 0 Å². The second-order valence-corrected chi connectivity index (χ2v) is 8.23. The van der Waals surface area contributed by atoms with Crippen molar-refractivity contribution in [1.82, 2.24) is 5.32 Å². The molecule has 0 saturated heterocycles. The average molecular weight is 439 g/mol. The van der Waals surface area contributed by atoms with Gasteiger partial charge in [0.1, 0.15) is 6.61 Å². The van der Waals surface area contributed by atoms with Crippen molar-refractivity contribution >= 4 is 17.5 Å². The zero-order valence-corrected chi connectivity index (χ0v) is 18.9. The molecule has 0 aliphatic carbocycles. The first-order valence-electron chi connectivity index (χ1n) is 11.2. The molecule has 4 N–H and O–H groups in total. The second-order valence-electron chi connectivity index (χ2n) is 8.23. The fourth-order valence-corrected chi connectivity index (χ4v) is 3.68. The van der Waals surface area contributed by atoms with Crippen LogP contribution in [0.4, 0.5) is 0 Å². The van der Waals surface area contributed by atoms with Gasteiger partial charge in [0.25, 0.3) is 0 Å². The summed E-state index contributed by atoms with van der Waals surface area (Å²) in [4.78, 5) is 38.4. The zero-order chi connectivity index (χ0) is 23.5. The van der Waals surface area contributed by atoms with Gasteiger partial charge in [-0.1, -0.05) is 68.8 Å². The van der Waals surface area contributed by atoms with E-state index in [2.05, 4.69) is 5.32 Å². The smallest absolute Gasteiger partial charge is 0.224 e. The number of aliphatic hydroxyl groups excluding tert-OH is 1. The van der Waals surface area contributed by atoms with Gasteiger partial charge < -0.3 is 16.2 Å². The quantitative estimate of drug-likeness (QED) is 0.417. The number of Topliss-reactive ketones (excluding diaryl/α,β-unsaturated/α-hetero) is 2. The minimum atomic E-state index is -0.796. The first-order chi connectivity index (χ1) is 15.4. The summed E-state index contributed by atoms with van der Waals surface area (Å²) in [5.41, 5.74) is 8.11. The summed E-state index contributed by atoms with van der Waals surface area (Å²) in [6.45, 7) is 3.60. The number of nitrogens with two attached hydrogens (primary N) is 1. The lowest BCUT2D eigenvalue weighted by atomic mass is 9.85. The van der Waals surface area contributed by atoms with Gasteiger partial charge in [-0.05, 0) is 36.0 Å². The van der Waals surface area contributed by atoms with Gasteiger partial charge in [0, 0.05) is 24.4 Å². The summed E-state index contributed by atoms with van der Waals surface area (Å²) < 4.78 is 0. The Labute approximate surface area is 190 Å². The Hall–Kier alpha value is -2.83. The van der Waals surface area contributed by atoms with E-state index in [1.54, 1.807) is 18.2 Å². The lowest BCUT2D eigenvalue weighted by Gasteiger charge is -2.25. The third kappa shape index (κ3) is 7.39. The first-order valence-corrected chi connectivity index (χ1v) is 11.2. The molecular formula is C26H34N2O4. The van der Waals surface area contributed by atoms with Gasteiger partial charge in [0.15, 0.2) is 11.6 Å². The summed E-state index contributed by atoms with van der Waals surface area (Å²) >= 11 is 0. The predicted molar refractivity (Wildman–Crippen MR) is 125 cm³/mol. The average Bonchev–Trinajstić information content (AvgIpc) is 2.84. The second kappa shape index (κ2) is 12.9. The lowest BCUT2D eigenvalue weighted by molar-refractivity contribution is -0.132. The minimum Gasteiger partial charge on any atom is -0.389 e. The minimum absolute atomic E-state index is 0.0457. The molecule has 6 nitrogen and oxygen atoms in total. The third-order valence-electron chi connectivity index (χ3n) is 5.98. The first kappa shape index (κ1) is 25.4. The molecule has 0 aliphatic rings. The SMILES string of the molecule is CC[C@@H](C)[C@H](CC(=O)c1cccc(CN)c1)C(=O)N[C@@H](CCc1ccccc1)C(=O)CO. The number of hydrogen-bond acceptors (Lipinski definition) is 5. The van der Waals surface area contributed by atoms with E-state index in [4.69, 9.17) is 5.73 Å². The molecule has 0 spiro atoms. The van der Waals surface area contributed by atoms with Crippen LogP contribution >= 0.6 is 0 Å². The number of benzene rings is 2. The Balaban J connectivity index is 2.12. The summed E-state index contributed by atoms with van der Waals surface area (Å²) in [7, 11) is 0. The molecule has 2 aromatic rings. The van der Waals surface area contributed by atoms with Crippen molar-refractivity contribution in [3.8, 4) is 0 Å². The van der Waals surface area contributed by atoms with Crippen LogP contribution in [0.15, 0.2) is 54.6 Å².